The van der Waals surface area contributed by atoms with E-state index in [4.69, 9.17) is 26.2 Å². The zero-order valence-corrected chi connectivity index (χ0v) is 22.8. The van der Waals surface area contributed by atoms with E-state index in [9.17, 15) is 9.59 Å². The van der Waals surface area contributed by atoms with Crippen molar-refractivity contribution >= 4 is 29.3 Å². The quantitative estimate of drug-likeness (QED) is 0.246. The molecule has 3 N–H and O–H groups in total. The third-order valence-electron chi connectivity index (χ3n) is 5.64. The molecule has 0 unspecified atom stereocenters. The van der Waals surface area contributed by atoms with E-state index in [0.717, 1.165) is 36.1 Å². The molecule has 2 aromatic carbocycles. The van der Waals surface area contributed by atoms with Crippen LogP contribution in [0.1, 0.15) is 40.0 Å². The fourth-order valence-corrected chi connectivity index (χ4v) is 3.75. The number of aromatic carboxylic acids is 1. The number of anilines is 1. The number of unbranched alkanes of at least 4 members (excludes halogenated alkanes) is 1. The summed E-state index contributed by atoms with van der Waals surface area (Å²) in [6.07, 6.45) is 3.27. The van der Waals surface area contributed by atoms with Gasteiger partial charge in [0.05, 0.1) is 12.3 Å². The summed E-state index contributed by atoms with van der Waals surface area (Å²) in [6.45, 7) is 5.53. The van der Waals surface area contributed by atoms with Crippen LogP contribution in [0.2, 0.25) is 5.02 Å². The topological polar surface area (TPSA) is 113 Å². The van der Waals surface area contributed by atoms with Crippen LogP contribution in [0.3, 0.4) is 0 Å². The molecule has 38 heavy (non-hydrogen) atoms. The molecule has 3 aromatic rings. The number of rotatable bonds is 12. The van der Waals surface area contributed by atoms with Crippen LogP contribution in [0.15, 0.2) is 48.7 Å². The lowest BCUT2D eigenvalue weighted by atomic mass is 10.1. The van der Waals surface area contributed by atoms with Gasteiger partial charge in [0.1, 0.15) is 17.2 Å². The first kappa shape index (κ1) is 28.7. The van der Waals surface area contributed by atoms with E-state index >= 15 is 0 Å². The van der Waals surface area contributed by atoms with Crippen LogP contribution in [0, 0.1) is 13.8 Å². The molecule has 0 saturated carbocycles. The molecule has 2 amide bonds. The number of urea groups is 1. The number of carbonyl (C=O) groups is 2. The fourth-order valence-electron chi connectivity index (χ4n) is 3.60. The Morgan fingerprint density at radius 2 is 1.82 bits per heavy atom. The molecule has 202 valence electrons. The van der Waals surface area contributed by atoms with Gasteiger partial charge in [0.25, 0.3) is 0 Å². The lowest BCUT2D eigenvalue weighted by Crippen LogP contribution is -2.28. The van der Waals surface area contributed by atoms with Crippen LogP contribution in [0.5, 0.6) is 17.2 Å². The molecular weight excluding hydrogens is 508 g/mol. The van der Waals surface area contributed by atoms with Crippen LogP contribution in [-0.4, -0.2) is 54.2 Å². The summed E-state index contributed by atoms with van der Waals surface area (Å²) in [7, 11) is 4.07. The first-order chi connectivity index (χ1) is 18.1. The van der Waals surface area contributed by atoms with Crippen molar-refractivity contribution in [1.29, 1.82) is 0 Å². The Kier molecular flexibility index (Phi) is 10.3. The van der Waals surface area contributed by atoms with E-state index in [-0.39, 0.29) is 11.7 Å². The molecule has 1 aromatic heterocycles. The number of pyridine rings is 1. The molecule has 0 aliphatic carbocycles. The standard InChI is InChI=1S/C28H33ClN4O5/c1-18-14-23(26(16-22(18)29)37-12-6-5-11-33(3)4)32-28(36)31-17-20-7-8-25(19(2)13-20)38-21-9-10-30-24(15-21)27(34)35/h7-10,13-16H,5-6,11-12,17H2,1-4H3,(H,34,35)(H2,31,32,36). The number of halogens is 1. The molecule has 3 rings (SSSR count). The second kappa shape index (κ2) is 13.6. The second-order valence-electron chi connectivity index (χ2n) is 9.15. The van der Waals surface area contributed by atoms with E-state index in [0.29, 0.717) is 41.1 Å². The normalized spacial score (nSPS) is 10.8. The molecular formula is C28H33ClN4O5. The second-order valence-corrected chi connectivity index (χ2v) is 9.56. The first-order valence-electron chi connectivity index (χ1n) is 12.2. The number of aromatic nitrogens is 1. The number of ether oxygens (including phenoxy) is 2. The highest BCUT2D eigenvalue weighted by molar-refractivity contribution is 6.31. The highest BCUT2D eigenvalue weighted by Crippen LogP contribution is 2.31. The third-order valence-corrected chi connectivity index (χ3v) is 6.04. The van der Waals surface area contributed by atoms with Crippen molar-refractivity contribution in [3.8, 4) is 17.2 Å². The number of hydrogen-bond acceptors (Lipinski definition) is 6. The van der Waals surface area contributed by atoms with Crippen LogP contribution in [0.25, 0.3) is 0 Å². The summed E-state index contributed by atoms with van der Waals surface area (Å²) in [5.74, 6) is 0.351. The Balaban J connectivity index is 1.58. The van der Waals surface area contributed by atoms with Gasteiger partial charge in [-0.3, -0.25) is 0 Å². The number of nitrogens with zero attached hydrogens (tertiary/aromatic N) is 2. The molecule has 1 heterocycles. The summed E-state index contributed by atoms with van der Waals surface area (Å²) in [5.41, 5.74) is 2.99. The summed E-state index contributed by atoms with van der Waals surface area (Å²) >= 11 is 6.29. The lowest BCUT2D eigenvalue weighted by molar-refractivity contribution is 0.0690. The van der Waals surface area contributed by atoms with Gasteiger partial charge in [-0.1, -0.05) is 23.7 Å². The highest BCUT2D eigenvalue weighted by atomic mass is 35.5. The van der Waals surface area contributed by atoms with Crippen molar-refractivity contribution in [2.45, 2.75) is 33.2 Å². The van der Waals surface area contributed by atoms with Gasteiger partial charge in [0.2, 0.25) is 0 Å². The number of carboxylic acids is 1. The molecule has 0 radical (unpaired) electrons. The molecule has 0 atom stereocenters. The number of amides is 2. The predicted molar refractivity (Wildman–Crippen MR) is 148 cm³/mol. The summed E-state index contributed by atoms with van der Waals surface area (Å²) in [4.78, 5) is 29.7. The smallest absolute Gasteiger partial charge is 0.354 e. The maximum absolute atomic E-state index is 12.7. The van der Waals surface area contributed by atoms with E-state index in [1.54, 1.807) is 24.3 Å². The van der Waals surface area contributed by atoms with Crippen molar-refractivity contribution in [2.24, 2.45) is 0 Å². The molecule has 0 saturated heterocycles. The minimum atomic E-state index is -1.13. The molecule has 0 fully saturated rings. The van der Waals surface area contributed by atoms with Gasteiger partial charge >= 0.3 is 12.0 Å². The Morgan fingerprint density at radius 1 is 1.03 bits per heavy atom. The molecule has 0 bridgehead atoms. The van der Waals surface area contributed by atoms with Crippen molar-refractivity contribution in [3.05, 3.63) is 76.1 Å². The van der Waals surface area contributed by atoms with E-state index in [1.807, 2.05) is 40.1 Å². The maximum atomic E-state index is 12.7. The minimum Gasteiger partial charge on any atom is -0.491 e. The molecule has 0 spiro atoms. The monoisotopic (exact) mass is 540 g/mol. The third kappa shape index (κ3) is 8.64. The molecule has 9 nitrogen and oxygen atoms in total. The van der Waals surface area contributed by atoms with E-state index < -0.39 is 5.97 Å². The average Bonchev–Trinajstić information content (AvgIpc) is 2.86. The summed E-state index contributed by atoms with van der Waals surface area (Å²) in [6, 6.07) is 11.6. The lowest BCUT2D eigenvalue weighted by Gasteiger charge is -2.16. The Bertz CT molecular complexity index is 1280. The van der Waals surface area contributed by atoms with Crippen LogP contribution in [-0.2, 0) is 6.54 Å². The summed E-state index contributed by atoms with van der Waals surface area (Å²) in [5, 5.41) is 15.4. The number of benzene rings is 2. The van der Waals surface area contributed by atoms with Crippen molar-refractivity contribution in [2.75, 3.05) is 32.6 Å². The van der Waals surface area contributed by atoms with Crippen molar-refractivity contribution in [1.82, 2.24) is 15.2 Å². The summed E-state index contributed by atoms with van der Waals surface area (Å²) < 4.78 is 11.7. The van der Waals surface area contributed by atoms with Crippen LogP contribution < -0.4 is 20.1 Å². The van der Waals surface area contributed by atoms with E-state index in [2.05, 4.69) is 20.5 Å². The SMILES string of the molecule is Cc1cc(NC(=O)NCc2ccc(Oc3ccnc(C(=O)O)c3)c(C)c2)c(OCCCCN(C)C)cc1Cl. The van der Waals surface area contributed by atoms with Gasteiger partial charge in [0, 0.05) is 29.9 Å². The number of hydrogen-bond donors (Lipinski definition) is 3. The molecule has 0 aliphatic rings. The van der Waals surface area contributed by atoms with E-state index in [1.165, 1.54) is 12.3 Å². The average molecular weight is 541 g/mol. The highest BCUT2D eigenvalue weighted by Gasteiger charge is 2.12. The number of nitrogens with one attached hydrogen (secondary N) is 2. The van der Waals surface area contributed by atoms with Gasteiger partial charge in [0.15, 0.2) is 5.69 Å². The zero-order valence-electron chi connectivity index (χ0n) is 22.0. The first-order valence-corrected chi connectivity index (χ1v) is 12.6. The van der Waals surface area contributed by atoms with Crippen LogP contribution >= 0.6 is 11.6 Å². The maximum Gasteiger partial charge on any atom is 0.354 e. The zero-order chi connectivity index (χ0) is 27.7. The number of carbonyl (C=O) groups excluding carboxylic acids is 1. The Morgan fingerprint density at radius 3 is 2.53 bits per heavy atom. The van der Waals surface area contributed by atoms with Gasteiger partial charge in [-0.25, -0.2) is 14.6 Å². The number of carboxylic acid groups (broad SMARTS) is 1. The van der Waals surface area contributed by atoms with Crippen molar-refractivity contribution in [3.63, 3.8) is 0 Å². The molecule has 10 heteroatoms. The van der Waals surface area contributed by atoms with Gasteiger partial charge in [-0.2, -0.15) is 0 Å². The van der Waals surface area contributed by atoms with Gasteiger partial charge < -0.3 is 30.1 Å². The van der Waals surface area contributed by atoms with Gasteiger partial charge in [-0.05, 0) is 82.2 Å². The Hall–Kier alpha value is -3.82. The predicted octanol–water partition coefficient (Wildman–Crippen LogP) is 5.88. The van der Waals surface area contributed by atoms with Crippen molar-refractivity contribution < 1.29 is 24.2 Å². The number of aryl methyl sites for hydroxylation is 2. The Labute approximate surface area is 227 Å². The fraction of sp³-hybridized carbons (Fsp3) is 0.321. The van der Waals surface area contributed by atoms with Crippen LogP contribution in [0.4, 0.5) is 10.5 Å². The minimum absolute atomic E-state index is 0.0965. The largest absolute Gasteiger partial charge is 0.491 e. The molecule has 0 aliphatic heterocycles. The van der Waals surface area contributed by atoms with Gasteiger partial charge in [-0.15, -0.1) is 0 Å².